The molecular weight excluding hydrogens is 290 g/mol. The Morgan fingerprint density at radius 1 is 1.33 bits per heavy atom. The summed E-state index contributed by atoms with van der Waals surface area (Å²) in [7, 11) is 1.56. The number of benzene rings is 1. The molecule has 0 aromatic heterocycles. The van der Waals surface area contributed by atoms with Crippen LogP contribution in [0.4, 0.5) is 0 Å². The van der Waals surface area contributed by atoms with Gasteiger partial charge in [0.1, 0.15) is 11.3 Å². The lowest BCUT2D eigenvalue weighted by Gasteiger charge is -2.33. The van der Waals surface area contributed by atoms with Crippen LogP contribution in [0.3, 0.4) is 0 Å². The van der Waals surface area contributed by atoms with E-state index in [-0.39, 0.29) is 5.91 Å². The molecule has 0 atom stereocenters. The van der Waals surface area contributed by atoms with E-state index in [0.717, 1.165) is 17.1 Å². The summed E-state index contributed by atoms with van der Waals surface area (Å²) in [4.78, 5) is 24.0. The Labute approximate surface area is 128 Å². The Morgan fingerprint density at radius 2 is 2.00 bits per heavy atom. The van der Waals surface area contributed by atoms with Gasteiger partial charge >= 0.3 is 5.97 Å². The Kier molecular flexibility index (Phi) is 4.77. The third-order valence-corrected chi connectivity index (χ3v) is 4.77. The van der Waals surface area contributed by atoms with E-state index in [9.17, 15) is 14.7 Å². The highest BCUT2D eigenvalue weighted by molar-refractivity contribution is 7.99. The molecule has 21 heavy (non-hydrogen) atoms. The van der Waals surface area contributed by atoms with Crippen LogP contribution in [0.25, 0.3) is 0 Å². The number of methoxy groups -OCH3 is 1. The third-order valence-electron chi connectivity index (χ3n) is 3.79. The third kappa shape index (κ3) is 3.32. The molecule has 1 fully saturated rings. The summed E-state index contributed by atoms with van der Waals surface area (Å²) in [5, 5.41) is 12.2. The van der Waals surface area contributed by atoms with E-state index in [0.29, 0.717) is 24.2 Å². The van der Waals surface area contributed by atoms with Crippen molar-refractivity contribution in [3.63, 3.8) is 0 Å². The van der Waals surface area contributed by atoms with Crippen LogP contribution in [-0.2, 0) is 4.79 Å². The van der Waals surface area contributed by atoms with Crippen molar-refractivity contribution in [3.05, 3.63) is 29.3 Å². The summed E-state index contributed by atoms with van der Waals surface area (Å²) in [6.07, 6.45) is 0.905. The SMILES string of the molecule is COc1ccc(C(=O)NC2(C(=O)O)CCSCC2)c(C)c1. The monoisotopic (exact) mass is 309 g/mol. The smallest absolute Gasteiger partial charge is 0.329 e. The van der Waals surface area contributed by atoms with Crippen LogP contribution in [0.2, 0.25) is 0 Å². The maximum atomic E-state index is 12.4. The fourth-order valence-corrected chi connectivity index (χ4v) is 3.60. The summed E-state index contributed by atoms with van der Waals surface area (Å²) in [5.74, 6) is 0.861. The van der Waals surface area contributed by atoms with Crippen LogP contribution in [-0.4, -0.2) is 41.1 Å². The fourth-order valence-electron chi connectivity index (χ4n) is 2.41. The summed E-state index contributed by atoms with van der Waals surface area (Å²) in [6.45, 7) is 1.81. The first-order valence-corrected chi connectivity index (χ1v) is 7.92. The number of ether oxygens (including phenoxy) is 1. The molecule has 1 aromatic rings. The van der Waals surface area contributed by atoms with Gasteiger partial charge < -0.3 is 15.2 Å². The number of aliphatic carboxylic acids is 1. The van der Waals surface area contributed by atoms with Crippen molar-refractivity contribution in [3.8, 4) is 5.75 Å². The highest BCUT2D eigenvalue weighted by Gasteiger charge is 2.41. The number of thioether (sulfide) groups is 1. The zero-order valence-electron chi connectivity index (χ0n) is 12.1. The highest BCUT2D eigenvalue weighted by atomic mass is 32.2. The lowest BCUT2D eigenvalue weighted by atomic mass is 9.91. The maximum absolute atomic E-state index is 12.4. The molecule has 0 bridgehead atoms. The number of rotatable bonds is 4. The first-order chi connectivity index (χ1) is 9.98. The second kappa shape index (κ2) is 6.39. The molecule has 2 N–H and O–H groups in total. The average molecular weight is 309 g/mol. The topological polar surface area (TPSA) is 75.6 Å². The molecule has 1 heterocycles. The van der Waals surface area contributed by atoms with E-state index in [1.54, 1.807) is 37.1 Å². The molecular formula is C15H19NO4S. The number of nitrogens with one attached hydrogen (secondary N) is 1. The normalized spacial score (nSPS) is 17.0. The summed E-state index contributed by atoms with van der Waals surface area (Å²) in [6, 6.07) is 5.13. The lowest BCUT2D eigenvalue weighted by Crippen LogP contribution is -2.56. The lowest BCUT2D eigenvalue weighted by molar-refractivity contribution is -0.144. The molecule has 0 saturated carbocycles. The standard InChI is InChI=1S/C15H19NO4S/c1-10-9-11(20-2)3-4-12(10)13(17)16-15(14(18)19)5-7-21-8-6-15/h3-4,9H,5-8H2,1-2H3,(H,16,17)(H,18,19). The van der Waals surface area contributed by atoms with E-state index in [1.807, 2.05) is 6.92 Å². The van der Waals surface area contributed by atoms with Gasteiger partial charge in [-0.15, -0.1) is 0 Å². The van der Waals surface area contributed by atoms with Crippen LogP contribution in [0.5, 0.6) is 5.75 Å². The van der Waals surface area contributed by atoms with Crippen molar-refractivity contribution in [1.29, 1.82) is 0 Å². The maximum Gasteiger partial charge on any atom is 0.329 e. The Hall–Kier alpha value is -1.69. The molecule has 1 aliphatic rings. The van der Waals surface area contributed by atoms with Crippen molar-refractivity contribution in [1.82, 2.24) is 5.32 Å². The minimum Gasteiger partial charge on any atom is -0.497 e. The molecule has 1 aliphatic heterocycles. The summed E-state index contributed by atoms with van der Waals surface area (Å²) < 4.78 is 5.11. The number of hydrogen-bond acceptors (Lipinski definition) is 4. The van der Waals surface area contributed by atoms with Gasteiger partial charge in [0, 0.05) is 5.56 Å². The first-order valence-electron chi connectivity index (χ1n) is 6.77. The number of amides is 1. The molecule has 114 valence electrons. The number of aryl methyl sites for hydroxylation is 1. The molecule has 1 amide bonds. The van der Waals surface area contributed by atoms with Crippen LogP contribution < -0.4 is 10.1 Å². The Morgan fingerprint density at radius 3 is 2.52 bits per heavy atom. The van der Waals surface area contributed by atoms with Crippen LogP contribution in [0, 0.1) is 6.92 Å². The molecule has 1 aromatic carbocycles. The second-order valence-corrected chi connectivity index (χ2v) is 6.36. The van der Waals surface area contributed by atoms with E-state index < -0.39 is 11.5 Å². The highest BCUT2D eigenvalue weighted by Crippen LogP contribution is 2.28. The summed E-state index contributed by atoms with van der Waals surface area (Å²) in [5.41, 5.74) is 0.0987. The number of carboxylic acids is 1. The largest absolute Gasteiger partial charge is 0.497 e. The van der Waals surface area contributed by atoms with Gasteiger partial charge in [-0.05, 0) is 55.0 Å². The number of hydrogen-bond donors (Lipinski definition) is 2. The molecule has 0 spiro atoms. The molecule has 6 heteroatoms. The van der Waals surface area contributed by atoms with Crippen molar-refractivity contribution in [2.24, 2.45) is 0 Å². The zero-order chi connectivity index (χ0) is 15.5. The molecule has 0 radical (unpaired) electrons. The quantitative estimate of drug-likeness (QED) is 0.890. The van der Waals surface area contributed by atoms with Crippen LogP contribution in [0.1, 0.15) is 28.8 Å². The fraction of sp³-hybridized carbons (Fsp3) is 0.467. The number of carbonyl (C=O) groups is 2. The van der Waals surface area contributed by atoms with Gasteiger partial charge in [0.15, 0.2) is 0 Å². The minimum absolute atomic E-state index is 0.343. The van der Waals surface area contributed by atoms with Gasteiger partial charge in [0.2, 0.25) is 0 Å². The van der Waals surface area contributed by atoms with E-state index in [1.165, 1.54) is 0 Å². The van der Waals surface area contributed by atoms with Crippen LogP contribution >= 0.6 is 11.8 Å². The predicted molar refractivity (Wildman–Crippen MR) is 82.1 cm³/mol. The minimum atomic E-state index is -1.14. The second-order valence-electron chi connectivity index (χ2n) is 5.13. The van der Waals surface area contributed by atoms with E-state index in [2.05, 4.69) is 5.32 Å². The molecule has 0 unspecified atom stereocenters. The Bertz CT molecular complexity index is 553. The van der Waals surface area contributed by atoms with Gasteiger partial charge in [0.05, 0.1) is 7.11 Å². The molecule has 5 nitrogen and oxygen atoms in total. The van der Waals surface area contributed by atoms with Crippen molar-refractivity contribution >= 4 is 23.6 Å². The van der Waals surface area contributed by atoms with Crippen molar-refractivity contribution in [2.45, 2.75) is 25.3 Å². The van der Waals surface area contributed by atoms with Gasteiger partial charge in [-0.2, -0.15) is 11.8 Å². The summed E-state index contributed by atoms with van der Waals surface area (Å²) >= 11 is 1.71. The van der Waals surface area contributed by atoms with E-state index in [4.69, 9.17) is 4.74 Å². The van der Waals surface area contributed by atoms with Gasteiger partial charge in [-0.1, -0.05) is 0 Å². The average Bonchev–Trinajstić information content (AvgIpc) is 2.47. The van der Waals surface area contributed by atoms with Gasteiger partial charge in [-0.3, -0.25) is 4.79 Å². The van der Waals surface area contributed by atoms with Crippen LogP contribution in [0.15, 0.2) is 18.2 Å². The Balaban J connectivity index is 2.21. The van der Waals surface area contributed by atoms with E-state index >= 15 is 0 Å². The van der Waals surface area contributed by atoms with Crippen molar-refractivity contribution < 1.29 is 19.4 Å². The van der Waals surface area contributed by atoms with Gasteiger partial charge in [-0.25, -0.2) is 4.79 Å². The molecule has 1 saturated heterocycles. The molecule has 2 rings (SSSR count). The first kappa shape index (κ1) is 15.7. The van der Waals surface area contributed by atoms with Crippen molar-refractivity contribution in [2.75, 3.05) is 18.6 Å². The van der Waals surface area contributed by atoms with Gasteiger partial charge in [0.25, 0.3) is 5.91 Å². The predicted octanol–water partition coefficient (Wildman–Crippen LogP) is 2.08. The molecule has 0 aliphatic carbocycles. The number of carboxylic acid groups (broad SMARTS) is 1. The number of carbonyl (C=O) groups excluding carboxylic acids is 1. The zero-order valence-corrected chi connectivity index (χ0v) is 13.0.